The molecular formula is C13H18N4. The van der Waals surface area contributed by atoms with Crippen LogP contribution in [-0.4, -0.2) is 36.6 Å². The summed E-state index contributed by atoms with van der Waals surface area (Å²) in [4.78, 5) is 11.1. The fourth-order valence-electron chi connectivity index (χ4n) is 1.67. The van der Waals surface area contributed by atoms with Gasteiger partial charge in [0.15, 0.2) is 0 Å². The van der Waals surface area contributed by atoms with Gasteiger partial charge in [-0.2, -0.15) is 0 Å². The second-order valence-electron chi connectivity index (χ2n) is 3.99. The molecule has 0 amide bonds. The van der Waals surface area contributed by atoms with E-state index in [2.05, 4.69) is 27.1 Å². The van der Waals surface area contributed by atoms with Gasteiger partial charge in [-0.15, -0.1) is 0 Å². The zero-order valence-electron chi connectivity index (χ0n) is 10.3. The predicted molar refractivity (Wildman–Crippen MR) is 71.4 cm³/mol. The van der Waals surface area contributed by atoms with Gasteiger partial charge in [-0.25, -0.2) is 4.98 Å². The minimum absolute atomic E-state index is 0.918. The first-order valence-corrected chi connectivity index (χ1v) is 5.95. The summed E-state index contributed by atoms with van der Waals surface area (Å²) >= 11 is 0. The molecule has 1 N–H and O–H groups in total. The molecule has 0 aliphatic carbocycles. The molecule has 4 nitrogen and oxygen atoms in total. The van der Waals surface area contributed by atoms with E-state index in [1.807, 2.05) is 37.5 Å². The van der Waals surface area contributed by atoms with Gasteiger partial charge in [-0.1, -0.05) is 19.1 Å². The van der Waals surface area contributed by atoms with Crippen LogP contribution in [0.15, 0.2) is 30.5 Å². The average molecular weight is 230 g/mol. The van der Waals surface area contributed by atoms with Crippen molar-refractivity contribution in [2.45, 2.75) is 6.92 Å². The molecule has 0 saturated heterocycles. The molecule has 0 bridgehead atoms. The Morgan fingerprint density at radius 2 is 2.00 bits per heavy atom. The zero-order chi connectivity index (χ0) is 12.1. The molecule has 1 aromatic carbocycles. The van der Waals surface area contributed by atoms with E-state index in [1.54, 1.807) is 0 Å². The van der Waals surface area contributed by atoms with Crippen LogP contribution in [-0.2, 0) is 0 Å². The smallest absolute Gasteiger partial charge is 0.147 e. The van der Waals surface area contributed by atoms with Crippen LogP contribution in [0, 0.1) is 0 Å². The summed E-state index contributed by atoms with van der Waals surface area (Å²) in [7, 11) is 2.04. The monoisotopic (exact) mass is 230 g/mol. The highest BCUT2D eigenvalue weighted by atomic mass is 15.2. The minimum atomic E-state index is 0.918. The van der Waals surface area contributed by atoms with E-state index < -0.39 is 0 Å². The Balaban J connectivity index is 2.12. The van der Waals surface area contributed by atoms with Crippen molar-refractivity contribution in [3.05, 3.63) is 30.5 Å². The van der Waals surface area contributed by atoms with Crippen molar-refractivity contribution in [2.24, 2.45) is 0 Å². The predicted octanol–water partition coefficient (Wildman–Crippen LogP) is 1.68. The maximum absolute atomic E-state index is 4.59. The van der Waals surface area contributed by atoms with Crippen LogP contribution in [0.25, 0.3) is 11.0 Å². The number of likely N-dealkylation sites (N-methyl/N-ethyl adjacent to an activating group) is 2. The molecule has 90 valence electrons. The largest absolute Gasteiger partial charge is 0.357 e. The lowest BCUT2D eigenvalue weighted by atomic mass is 10.3. The Morgan fingerprint density at radius 3 is 2.76 bits per heavy atom. The lowest BCUT2D eigenvalue weighted by Crippen LogP contribution is -2.29. The van der Waals surface area contributed by atoms with E-state index in [1.165, 1.54) is 0 Å². The first kappa shape index (κ1) is 11.8. The normalized spacial score (nSPS) is 10.7. The van der Waals surface area contributed by atoms with Gasteiger partial charge in [-0.05, 0) is 18.7 Å². The highest BCUT2D eigenvalue weighted by Crippen LogP contribution is 2.13. The third-order valence-corrected chi connectivity index (χ3v) is 2.70. The number of fused-ring (bicyclic) bond motifs is 1. The molecule has 0 aliphatic heterocycles. The Bertz CT molecular complexity index is 484. The quantitative estimate of drug-likeness (QED) is 0.793. The van der Waals surface area contributed by atoms with E-state index >= 15 is 0 Å². The molecule has 0 spiro atoms. The number of aromatic nitrogens is 2. The number of hydrogen-bond acceptors (Lipinski definition) is 4. The third-order valence-electron chi connectivity index (χ3n) is 2.70. The van der Waals surface area contributed by atoms with E-state index in [-0.39, 0.29) is 0 Å². The van der Waals surface area contributed by atoms with Gasteiger partial charge in [-0.3, -0.25) is 4.98 Å². The number of nitrogens with one attached hydrogen (secondary N) is 1. The molecule has 17 heavy (non-hydrogen) atoms. The molecular weight excluding hydrogens is 212 g/mol. The van der Waals surface area contributed by atoms with Crippen molar-refractivity contribution in [3.8, 4) is 0 Å². The lowest BCUT2D eigenvalue weighted by molar-refractivity contribution is 0.702. The van der Waals surface area contributed by atoms with Gasteiger partial charge in [0.05, 0.1) is 17.2 Å². The van der Waals surface area contributed by atoms with Crippen molar-refractivity contribution < 1.29 is 0 Å². The van der Waals surface area contributed by atoms with Crippen LogP contribution in [0.3, 0.4) is 0 Å². The van der Waals surface area contributed by atoms with Crippen LogP contribution in [0.4, 0.5) is 5.82 Å². The Labute approximate surface area is 102 Å². The van der Waals surface area contributed by atoms with Crippen LogP contribution in [0.1, 0.15) is 6.92 Å². The molecule has 0 atom stereocenters. The average Bonchev–Trinajstić information content (AvgIpc) is 2.38. The third kappa shape index (κ3) is 2.91. The van der Waals surface area contributed by atoms with Crippen molar-refractivity contribution in [3.63, 3.8) is 0 Å². The number of hydrogen-bond donors (Lipinski definition) is 1. The summed E-state index contributed by atoms with van der Waals surface area (Å²) in [5, 5.41) is 3.30. The van der Waals surface area contributed by atoms with E-state index in [9.17, 15) is 0 Å². The summed E-state index contributed by atoms with van der Waals surface area (Å²) < 4.78 is 0. The number of nitrogens with zero attached hydrogens (tertiary/aromatic N) is 3. The minimum Gasteiger partial charge on any atom is -0.357 e. The van der Waals surface area contributed by atoms with Crippen molar-refractivity contribution in [2.75, 3.05) is 31.6 Å². The zero-order valence-corrected chi connectivity index (χ0v) is 10.3. The van der Waals surface area contributed by atoms with E-state index in [4.69, 9.17) is 0 Å². The summed E-state index contributed by atoms with van der Waals surface area (Å²) in [6.07, 6.45) is 1.83. The van der Waals surface area contributed by atoms with Gasteiger partial charge >= 0.3 is 0 Å². The maximum atomic E-state index is 4.59. The van der Waals surface area contributed by atoms with Crippen molar-refractivity contribution in [1.82, 2.24) is 15.3 Å². The molecule has 0 unspecified atom stereocenters. The molecule has 1 heterocycles. The Morgan fingerprint density at radius 1 is 1.24 bits per heavy atom. The molecule has 2 aromatic rings. The van der Waals surface area contributed by atoms with Crippen molar-refractivity contribution >= 4 is 16.9 Å². The summed E-state index contributed by atoms with van der Waals surface area (Å²) in [5.41, 5.74) is 1.89. The van der Waals surface area contributed by atoms with Crippen LogP contribution in [0.2, 0.25) is 0 Å². The van der Waals surface area contributed by atoms with Gasteiger partial charge in [0.25, 0.3) is 0 Å². The molecule has 2 rings (SSSR count). The molecule has 0 radical (unpaired) electrons. The van der Waals surface area contributed by atoms with Gasteiger partial charge in [0.2, 0.25) is 0 Å². The highest BCUT2D eigenvalue weighted by Gasteiger charge is 2.03. The molecule has 0 aliphatic rings. The van der Waals surface area contributed by atoms with Gasteiger partial charge < -0.3 is 10.2 Å². The molecule has 0 saturated carbocycles. The molecule has 1 aromatic heterocycles. The fraction of sp³-hybridized carbons (Fsp3) is 0.385. The van der Waals surface area contributed by atoms with Crippen LogP contribution < -0.4 is 10.2 Å². The standard InChI is InChI=1S/C13H18N4/c1-3-14-8-9-17(2)13-10-15-11-6-4-5-7-12(11)16-13/h4-7,10,14H,3,8-9H2,1-2H3. The number of benzene rings is 1. The van der Waals surface area contributed by atoms with Gasteiger partial charge in [0.1, 0.15) is 5.82 Å². The summed E-state index contributed by atoms with van der Waals surface area (Å²) in [6, 6.07) is 7.93. The van der Waals surface area contributed by atoms with Crippen molar-refractivity contribution in [1.29, 1.82) is 0 Å². The Kier molecular flexibility index (Phi) is 3.88. The van der Waals surface area contributed by atoms with Crippen LogP contribution in [0.5, 0.6) is 0 Å². The summed E-state index contributed by atoms with van der Waals surface area (Å²) in [6.45, 7) is 5.00. The van der Waals surface area contributed by atoms with Gasteiger partial charge in [0, 0.05) is 20.1 Å². The Hall–Kier alpha value is -1.68. The second kappa shape index (κ2) is 5.59. The molecule has 0 fully saturated rings. The van der Waals surface area contributed by atoms with E-state index in [0.717, 1.165) is 36.5 Å². The first-order valence-electron chi connectivity index (χ1n) is 5.95. The molecule has 4 heteroatoms. The SMILES string of the molecule is CCNCCN(C)c1cnc2ccccc2n1. The number of para-hydroxylation sites is 2. The highest BCUT2D eigenvalue weighted by molar-refractivity contribution is 5.75. The summed E-state index contributed by atoms with van der Waals surface area (Å²) in [5.74, 6) is 0.918. The second-order valence-corrected chi connectivity index (χ2v) is 3.99. The maximum Gasteiger partial charge on any atom is 0.147 e. The number of rotatable bonds is 5. The van der Waals surface area contributed by atoms with Crippen LogP contribution >= 0.6 is 0 Å². The lowest BCUT2D eigenvalue weighted by Gasteiger charge is -2.18. The van der Waals surface area contributed by atoms with E-state index in [0.29, 0.717) is 0 Å². The topological polar surface area (TPSA) is 41.0 Å². The fourth-order valence-corrected chi connectivity index (χ4v) is 1.67. The first-order chi connectivity index (χ1) is 8.31. The number of anilines is 1.